The standard InChI is InChI=1S/C16H18N6O/c1-21(2)11-16(6-7-16)15-19-14(20-23-15)12-4-5-13(17-10-12)22-9-3-8-18-22/h3-5,8-10H,6-7,11H2,1-2H3. The summed E-state index contributed by atoms with van der Waals surface area (Å²) in [5, 5.41) is 8.29. The lowest BCUT2D eigenvalue weighted by atomic mass is 10.1. The highest BCUT2D eigenvalue weighted by Crippen LogP contribution is 2.48. The van der Waals surface area contributed by atoms with E-state index in [2.05, 4.69) is 39.2 Å². The van der Waals surface area contributed by atoms with Crippen molar-refractivity contribution in [1.82, 2.24) is 29.8 Å². The smallest absolute Gasteiger partial charge is 0.234 e. The van der Waals surface area contributed by atoms with Crippen LogP contribution >= 0.6 is 0 Å². The second kappa shape index (κ2) is 5.27. The summed E-state index contributed by atoms with van der Waals surface area (Å²) in [6, 6.07) is 5.69. The van der Waals surface area contributed by atoms with Gasteiger partial charge in [0.25, 0.3) is 0 Å². The molecule has 0 N–H and O–H groups in total. The molecule has 0 bridgehead atoms. The Bertz CT molecular complexity index is 786. The molecular weight excluding hydrogens is 292 g/mol. The van der Waals surface area contributed by atoms with E-state index >= 15 is 0 Å². The monoisotopic (exact) mass is 310 g/mol. The second-order valence-electron chi connectivity index (χ2n) is 6.30. The molecule has 3 aromatic rings. The molecule has 0 saturated heterocycles. The molecule has 1 aliphatic rings. The van der Waals surface area contributed by atoms with E-state index in [4.69, 9.17) is 4.52 Å². The summed E-state index contributed by atoms with van der Waals surface area (Å²) in [6.45, 7) is 0.936. The molecule has 1 aliphatic carbocycles. The number of rotatable bonds is 5. The second-order valence-corrected chi connectivity index (χ2v) is 6.30. The summed E-state index contributed by atoms with van der Waals surface area (Å²) in [7, 11) is 4.13. The molecule has 4 rings (SSSR count). The Morgan fingerprint density at radius 2 is 2.17 bits per heavy atom. The molecule has 0 aliphatic heterocycles. The Hall–Kier alpha value is -2.54. The Labute approximate surface area is 134 Å². The van der Waals surface area contributed by atoms with Crippen LogP contribution in [0.2, 0.25) is 0 Å². The van der Waals surface area contributed by atoms with Crippen LogP contribution in [0.15, 0.2) is 41.3 Å². The van der Waals surface area contributed by atoms with E-state index in [0.29, 0.717) is 5.82 Å². The fourth-order valence-electron chi connectivity index (χ4n) is 2.81. The summed E-state index contributed by atoms with van der Waals surface area (Å²) in [6.07, 6.45) is 7.53. The van der Waals surface area contributed by atoms with Crippen molar-refractivity contribution in [2.75, 3.05) is 20.6 Å². The summed E-state index contributed by atoms with van der Waals surface area (Å²) in [5.74, 6) is 2.08. The van der Waals surface area contributed by atoms with Crippen LogP contribution in [0, 0.1) is 0 Å². The van der Waals surface area contributed by atoms with Crippen LogP contribution in [0.3, 0.4) is 0 Å². The molecule has 0 spiro atoms. The van der Waals surface area contributed by atoms with Crippen molar-refractivity contribution in [3.05, 3.63) is 42.7 Å². The average Bonchev–Trinajstić information content (AvgIpc) is 3.00. The molecule has 0 radical (unpaired) electrons. The summed E-state index contributed by atoms with van der Waals surface area (Å²) in [4.78, 5) is 11.2. The van der Waals surface area contributed by atoms with Crippen molar-refractivity contribution in [2.24, 2.45) is 0 Å². The SMILES string of the molecule is CN(C)CC1(c2nc(-c3ccc(-n4cccn4)nc3)no2)CC1. The van der Waals surface area contributed by atoms with Gasteiger partial charge in [0.1, 0.15) is 0 Å². The minimum atomic E-state index is 0.0389. The zero-order chi connectivity index (χ0) is 15.9. The first kappa shape index (κ1) is 14.1. The average molecular weight is 310 g/mol. The fourth-order valence-corrected chi connectivity index (χ4v) is 2.81. The third kappa shape index (κ3) is 2.63. The number of nitrogens with zero attached hydrogens (tertiary/aromatic N) is 6. The number of hydrogen-bond acceptors (Lipinski definition) is 6. The molecule has 3 heterocycles. The molecule has 0 unspecified atom stereocenters. The van der Waals surface area contributed by atoms with Gasteiger partial charge in [0.15, 0.2) is 5.82 Å². The highest BCUT2D eigenvalue weighted by Gasteiger charge is 2.49. The zero-order valence-corrected chi connectivity index (χ0v) is 13.2. The largest absolute Gasteiger partial charge is 0.338 e. The lowest BCUT2D eigenvalue weighted by molar-refractivity contribution is 0.291. The van der Waals surface area contributed by atoms with Gasteiger partial charge >= 0.3 is 0 Å². The molecule has 0 aromatic carbocycles. The lowest BCUT2D eigenvalue weighted by Crippen LogP contribution is -2.26. The van der Waals surface area contributed by atoms with Crippen LogP contribution in [0.1, 0.15) is 18.7 Å². The normalized spacial score (nSPS) is 16.0. The molecule has 1 saturated carbocycles. The Morgan fingerprint density at radius 3 is 2.78 bits per heavy atom. The van der Waals surface area contributed by atoms with Crippen molar-refractivity contribution in [1.29, 1.82) is 0 Å². The third-order valence-corrected chi connectivity index (χ3v) is 4.10. The molecule has 0 atom stereocenters. The topological polar surface area (TPSA) is 72.9 Å². The maximum Gasteiger partial charge on any atom is 0.234 e. The van der Waals surface area contributed by atoms with Crippen molar-refractivity contribution < 1.29 is 4.52 Å². The first-order valence-corrected chi connectivity index (χ1v) is 7.62. The van der Waals surface area contributed by atoms with Gasteiger partial charge in [-0.15, -0.1) is 0 Å². The van der Waals surface area contributed by atoms with Gasteiger partial charge in [-0.25, -0.2) is 9.67 Å². The first-order chi connectivity index (χ1) is 11.2. The van der Waals surface area contributed by atoms with E-state index in [9.17, 15) is 0 Å². The predicted octanol–water partition coefficient (Wildman–Crippen LogP) is 1.91. The summed E-state index contributed by atoms with van der Waals surface area (Å²) < 4.78 is 7.23. The van der Waals surface area contributed by atoms with Crippen LogP contribution in [0.5, 0.6) is 0 Å². The van der Waals surface area contributed by atoms with Gasteiger partial charge in [-0.1, -0.05) is 5.16 Å². The third-order valence-electron chi connectivity index (χ3n) is 4.10. The van der Waals surface area contributed by atoms with Crippen LogP contribution in [-0.4, -0.2) is 50.4 Å². The van der Waals surface area contributed by atoms with Crippen molar-refractivity contribution in [3.8, 4) is 17.2 Å². The maximum absolute atomic E-state index is 5.52. The van der Waals surface area contributed by atoms with Crippen LogP contribution in [0.25, 0.3) is 17.2 Å². The highest BCUT2D eigenvalue weighted by atomic mass is 16.5. The van der Waals surface area contributed by atoms with E-state index in [1.165, 1.54) is 0 Å². The summed E-state index contributed by atoms with van der Waals surface area (Å²) in [5.41, 5.74) is 0.883. The predicted molar refractivity (Wildman–Crippen MR) is 84.1 cm³/mol. The Morgan fingerprint density at radius 1 is 1.30 bits per heavy atom. The van der Waals surface area contributed by atoms with Gasteiger partial charge in [-0.05, 0) is 45.1 Å². The molecule has 0 amide bonds. The number of aromatic nitrogens is 5. The first-order valence-electron chi connectivity index (χ1n) is 7.62. The van der Waals surface area contributed by atoms with Crippen LogP contribution in [0.4, 0.5) is 0 Å². The molecule has 7 heteroatoms. The Balaban J connectivity index is 1.57. The van der Waals surface area contributed by atoms with Gasteiger partial charge in [0.2, 0.25) is 11.7 Å². The van der Waals surface area contributed by atoms with E-state index in [1.54, 1.807) is 17.1 Å². The number of hydrogen-bond donors (Lipinski definition) is 0. The minimum absolute atomic E-state index is 0.0389. The molecular formula is C16H18N6O. The van der Waals surface area contributed by atoms with E-state index in [-0.39, 0.29) is 5.41 Å². The molecule has 3 aromatic heterocycles. The highest BCUT2D eigenvalue weighted by molar-refractivity contribution is 5.54. The summed E-state index contributed by atoms with van der Waals surface area (Å²) >= 11 is 0. The van der Waals surface area contributed by atoms with Crippen LogP contribution in [-0.2, 0) is 5.41 Å². The molecule has 1 fully saturated rings. The van der Waals surface area contributed by atoms with E-state index < -0.39 is 0 Å². The fraction of sp³-hybridized carbons (Fsp3) is 0.375. The number of likely N-dealkylation sites (N-methyl/N-ethyl adjacent to an activating group) is 1. The van der Waals surface area contributed by atoms with Crippen LogP contribution < -0.4 is 0 Å². The van der Waals surface area contributed by atoms with Crippen molar-refractivity contribution in [3.63, 3.8) is 0 Å². The molecule has 23 heavy (non-hydrogen) atoms. The lowest BCUT2D eigenvalue weighted by Gasteiger charge is -2.15. The Kier molecular flexibility index (Phi) is 3.23. The van der Waals surface area contributed by atoms with Crippen molar-refractivity contribution >= 4 is 0 Å². The van der Waals surface area contributed by atoms with Gasteiger partial charge in [0.05, 0.1) is 5.41 Å². The van der Waals surface area contributed by atoms with Gasteiger partial charge in [-0.3, -0.25) is 0 Å². The van der Waals surface area contributed by atoms with E-state index in [0.717, 1.165) is 36.7 Å². The van der Waals surface area contributed by atoms with Crippen molar-refractivity contribution in [2.45, 2.75) is 18.3 Å². The molecule has 7 nitrogen and oxygen atoms in total. The van der Waals surface area contributed by atoms with E-state index in [1.807, 2.05) is 24.4 Å². The molecule has 118 valence electrons. The van der Waals surface area contributed by atoms with Gasteiger partial charge in [-0.2, -0.15) is 10.1 Å². The number of pyridine rings is 1. The van der Waals surface area contributed by atoms with Gasteiger partial charge in [0, 0.05) is 30.7 Å². The zero-order valence-electron chi connectivity index (χ0n) is 13.2. The quantitative estimate of drug-likeness (QED) is 0.717. The minimum Gasteiger partial charge on any atom is -0.338 e. The maximum atomic E-state index is 5.52. The van der Waals surface area contributed by atoms with Gasteiger partial charge < -0.3 is 9.42 Å².